The summed E-state index contributed by atoms with van der Waals surface area (Å²) in [4.78, 5) is 20.0. The summed E-state index contributed by atoms with van der Waals surface area (Å²) in [7, 11) is 0. The zero-order valence-corrected chi connectivity index (χ0v) is 5.80. The Balaban J connectivity index is 3.68. The van der Waals surface area contributed by atoms with Crippen molar-refractivity contribution in [3.05, 3.63) is 0 Å². The van der Waals surface area contributed by atoms with Gasteiger partial charge in [0.15, 0.2) is 5.78 Å². The van der Waals surface area contributed by atoms with Crippen molar-refractivity contribution < 1.29 is 19.8 Å². The number of hydrogen-bond acceptors (Lipinski definition) is 4. The highest BCUT2D eigenvalue weighted by Gasteiger charge is 2.09. The molecule has 0 aromatic heterocycles. The Morgan fingerprint density at radius 3 is 2.40 bits per heavy atom. The van der Waals surface area contributed by atoms with E-state index in [1.165, 1.54) is 0 Å². The van der Waals surface area contributed by atoms with Gasteiger partial charge in [0.25, 0.3) is 0 Å². The van der Waals surface area contributed by atoms with Gasteiger partial charge in [0, 0.05) is 12.3 Å². The van der Waals surface area contributed by atoms with E-state index in [0.29, 0.717) is 0 Å². The molecule has 0 bridgehead atoms. The van der Waals surface area contributed by atoms with E-state index < -0.39 is 24.3 Å². The molecule has 0 aliphatic rings. The predicted molar refractivity (Wildman–Crippen MR) is 31.4 cm³/mol. The van der Waals surface area contributed by atoms with Gasteiger partial charge in [-0.25, -0.2) is 0 Å². The quantitative estimate of drug-likeness (QED) is 0.398. The zero-order valence-electron chi connectivity index (χ0n) is 5.04. The lowest BCUT2D eigenvalue weighted by Crippen LogP contribution is -2.34. The molecule has 0 rings (SSSR count). The number of ketones is 1. The van der Waals surface area contributed by atoms with Gasteiger partial charge in [-0.15, -0.1) is 11.6 Å². The van der Waals surface area contributed by atoms with Crippen LogP contribution >= 0.6 is 11.6 Å². The van der Waals surface area contributed by atoms with Gasteiger partial charge >= 0.3 is 0 Å². The first-order chi connectivity index (χ1) is 4.57. The average molecular weight is 166 g/mol. The minimum atomic E-state index is -1.79. The van der Waals surface area contributed by atoms with E-state index in [9.17, 15) is 14.7 Å². The van der Waals surface area contributed by atoms with E-state index in [1.54, 1.807) is 0 Å². The number of rotatable bonds is 4. The van der Waals surface area contributed by atoms with E-state index in [-0.39, 0.29) is 5.88 Å². The maximum atomic E-state index is 10.2. The molecule has 0 fully saturated rings. The largest absolute Gasteiger partial charge is 0.542 e. The minimum absolute atomic E-state index is 0.154. The van der Waals surface area contributed by atoms with E-state index >= 15 is 0 Å². The fourth-order valence-electron chi connectivity index (χ4n) is 0.352. The Morgan fingerprint density at radius 2 is 2.10 bits per heavy atom. The molecule has 0 heterocycles. The van der Waals surface area contributed by atoms with Crippen molar-refractivity contribution in [2.24, 2.45) is 0 Å². The Labute approximate surface area is 62.4 Å². The number of aliphatic hydroxyl groups excluding tert-OH is 1. The SMILES string of the molecule is O=C([O-])C(=O)CC(O)CCl. The highest BCUT2D eigenvalue weighted by molar-refractivity contribution is 6.31. The molecule has 0 saturated heterocycles. The second-order valence-electron chi connectivity index (χ2n) is 1.72. The van der Waals surface area contributed by atoms with Crippen LogP contribution in [-0.2, 0) is 9.59 Å². The number of carbonyl (C=O) groups excluding carboxylic acids is 2. The monoisotopic (exact) mass is 165 g/mol. The fourth-order valence-corrected chi connectivity index (χ4v) is 0.461. The van der Waals surface area contributed by atoms with Gasteiger partial charge in [-0.1, -0.05) is 0 Å². The second-order valence-corrected chi connectivity index (χ2v) is 2.03. The van der Waals surface area contributed by atoms with Gasteiger partial charge in [0.2, 0.25) is 0 Å². The summed E-state index contributed by atoms with van der Waals surface area (Å²) in [5, 5.41) is 18.4. The van der Waals surface area contributed by atoms with Gasteiger partial charge in [0.1, 0.15) is 5.97 Å². The van der Waals surface area contributed by atoms with Crippen LogP contribution < -0.4 is 5.11 Å². The maximum Gasteiger partial charge on any atom is 0.180 e. The minimum Gasteiger partial charge on any atom is -0.542 e. The third-order valence-electron chi connectivity index (χ3n) is 0.827. The molecular formula is C5H6ClO4-. The highest BCUT2D eigenvalue weighted by atomic mass is 35.5. The van der Waals surface area contributed by atoms with Crippen LogP contribution in [-0.4, -0.2) is 28.8 Å². The third-order valence-corrected chi connectivity index (χ3v) is 1.18. The molecule has 58 valence electrons. The van der Waals surface area contributed by atoms with E-state index in [4.69, 9.17) is 16.7 Å². The molecule has 0 spiro atoms. The molecule has 0 radical (unpaired) electrons. The van der Waals surface area contributed by atoms with Crippen LogP contribution in [0.2, 0.25) is 0 Å². The molecule has 5 heteroatoms. The summed E-state index contributed by atoms with van der Waals surface area (Å²) in [5.74, 6) is -3.07. The van der Waals surface area contributed by atoms with Crippen LogP contribution in [0.15, 0.2) is 0 Å². The number of halogens is 1. The van der Waals surface area contributed by atoms with Crippen LogP contribution in [0.1, 0.15) is 6.42 Å². The van der Waals surface area contributed by atoms with Crippen LogP contribution in [0.4, 0.5) is 0 Å². The number of alkyl halides is 1. The van der Waals surface area contributed by atoms with Gasteiger partial charge in [-0.2, -0.15) is 0 Å². The Kier molecular flexibility index (Phi) is 3.99. The van der Waals surface area contributed by atoms with Crippen molar-refractivity contribution in [1.82, 2.24) is 0 Å². The molecule has 0 saturated carbocycles. The van der Waals surface area contributed by atoms with E-state index in [0.717, 1.165) is 0 Å². The molecule has 4 nitrogen and oxygen atoms in total. The van der Waals surface area contributed by atoms with Crippen LogP contribution in [0.5, 0.6) is 0 Å². The molecule has 10 heavy (non-hydrogen) atoms. The van der Waals surface area contributed by atoms with Gasteiger partial charge in [-0.3, -0.25) is 4.79 Å². The molecule has 0 aliphatic heterocycles. The van der Waals surface area contributed by atoms with Crippen LogP contribution in [0.3, 0.4) is 0 Å². The molecule has 0 aromatic rings. The fraction of sp³-hybridized carbons (Fsp3) is 0.600. The molecular weight excluding hydrogens is 160 g/mol. The number of carboxylic acid groups (broad SMARTS) is 1. The average Bonchev–Trinajstić information content (AvgIpc) is 1.87. The van der Waals surface area contributed by atoms with Gasteiger partial charge in [-0.05, 0) is 0 Å². The first-order valence-electron chi connectivity index (χ1n) is 2.56. The number of Topliss-reactive ketones (excluding diaryl/α,β-unsaturated/α-hetero) is 1. The lowest BCUT2D eigenvalue weighted by atomic mass is 10.2. The first-order valence-corrected chi connectivity index (χ1v) is 3.09. The van der Waals surface area contributed by atoms with Crippen molar-refractivity contribution in [3.8, 4) is 0 Å². The van der Waals surface area contributed by atoms with Crippen molar-refractivity contribution in [2.75, 3.05) is 5.88 Å². The Bertz CT molecular complexity index is 145. The van der Waals surface area contributed by atoms with Gasteiger partial charge in [0.05, 0.1) is 6.10 Å². The zero-order chi connectivity index (χ0) is 8.15. The standard InChI is InChI=1S/C5H7ClO4/c6-2-3(7)1-4(8)5(9)10/h3,7H,1-2H2,(H,9,10)/p-1. The van der Waals surface area contributed by atoms with Crippen LogP contribution in [0.25, 0.3) is 0 Å². The maximum absolute atomic E-state index is 10.2. The molecule has 1 N–H and O–H groups in total. The number of hydrogen-bond donors (Lipinski definition) is 1. The van der Waals surface area contributed by atoms with E-state index in [1.807, 2.05) is 0 Å². The van der Waals surface area contributed by atoms with E-state index in [2.05, 4.69) is 0 Å². The summed E-state index contributed by atoms with van der Waals surface area (Å²) in [6.07, 6.45) is -1.57. The number of aliphatic hydroxyl groups is 1. The first kappa shape index (κ1) is 9.39. The van der Waals surface area contributed by atoms with Crippen molar-refractivity contribution in [2.45, 2.75) is 12.5 Å². The Hall–Kier alpha value is -0.610. The van der Waals surface area contributed by atoms with Gasteiger partial charge < -0.3 is 15.0 Å². The summed E-state index contributed by atoms with van der Waals surface area (Å²) >= 11 is 5.09. The summed E-state index contributed by atoms with van der Waals surface area (Å²) in [6, 6.07) is 0. The van der Waals surface area contributed by atoms with Crippen molar-refractivity contribution in [3.63, 3.8) is 0 Å². The second kappa shape index (κ2) is 4.24. The van der Waals surface area contributed by atoms with Crippen molar-refractivity contribution in [1.29, 1.82) is 0 Å². The van der Waals surface area contributed by atoms with Crippen molar-refractivity contribution >= 4 is 23.4 Å². The smallest absolute Gasteiger partial charge is 0.180 e. The molecule has 0 amide bonds. The predicted octanol–water partition coefficient (Wildman–Crippen LogP) is -1.70. The third kappa shape index (κ3) is 3.42. The number of aliphatic carboxylic acids is 1. The molecule has 0 aromatic carbocycles. The van der Waals surface area contributed by atoms with Crippen LogP contribution in [0, 0.1) is 0 Å². The number of carboxylic acids is 1. The number of carbonyl (C=O) groups is 2. The lowest BCUT2D eigenvalue weighted by Gasteiger charge is -2.04. The normalized spacial score (nSPS) is 12.6. The Morgan fingerprint density at radius 1 is 1.60 bits per heavy atom. The summed E-state index contributed by atoms with van der Waals surface area (Å²) < 4.78 is 0. The molecule has 0 aliphatic carbocycles. The lowest BCUT2D eigenvalue weighted by molar-refractivity contribution is -0.300. The molecule has 1 atom stereocenters. The summed E-state index contributed by atoms with van der Waals surface area (Å²) in [6.45, 7) is 0. The summed E-state index contributed by atoms with van der Waals surface area (Å²) in [5.41, 5.74) is 0. The highest BCUT2D eigenvalue weighted by Crippen LogP contribution is 1.94. The molecule has 1 unspecified atom stereocenters. The topological polar surface area (TPSA) is 77.4 Å².